The largest absolute Gasteiger partial charge is 0.466 e. The van der Waals surface area contributed by atoms with E-state index in [2.05, 4.69) is 6.92 Å². The van der Waals surface area contributed by atoms with E-state index in [0.29, 0.717) is 19.6 Å². The molecule has 0 aliphatic heterocycles. The van der Waals surface area contributed by atoms with Gasteiger partial charge < -0.3 is 9.84 Å². The fraction of sp³-hybridized carbons (Fsp3) is 0.972. The molecule has 0 aromatic heterocycles. The maximum atomic E-state index is 11.9. The molecule has 0 aliphatic carbocycles. The average molecular weight is 553 g/mol. The van der Waals surface area contributed by atoms with Crippen molar-refractivity contribution < 1.29 is 14.6 Å². The summed E-state index contributed by atoms with van der Waals surface area (Å²) < 4.78 is 5.44. The highest BCUT2D eigenvalue weighted by Crippen LogP contribution is 2.15. The van der Waals surface area contributed by atoms with Crippen LogP contribution in [0.25, 0.3) is 0 Å². The van der Waals surface area contributed by atoms with Gasteiger partial charge in [0.25, 0.3) is 0 Å². The van der Waals surface area contributed by atoms with Crippen molar-refractivity contribution in [3.63, 3.8) is 0 Å². The highest BCUT2D eigenvalue weighted by atomic mass is 16.5. The van der Waals surface area contributed by atoms with E-state index in [9.17, 15) is 4.79 Å². The zero-order valence-electron chi connectivity index (χ0n) is 26.8. The monoisotopic (exact) mass is 553 g/mol. The highest BCUT2D eigenvalue weighted by molar-refractivity contribution is 5.69. The molecule has 0 spiro atoms. The molecule has 39 heavy (non-hydrogen) atoms. The van der Waals surface area contributed by atoms with Gasteiger partial charge in [-0.3, -0.25) is 4.79 Å². The zero-order valence-corrected chi connectivity index (χ0v) is 26.8. The zero-order chi connectivity index (χ0) is 28.3. The quantitative estimate of drug-likeness (QED) is 0.0637. The molecule has 3 heteroatoms. The minimum atomic E-state index is 0.0179. The molecule has 0 saturated heterocycles. The van der Waals surface area contributed by atoms with Crippen LogP contribution in [0.15, 0.2) is 0 Å². The third kappa shape index (κ3) is 35.4. The van der Waals surface area contributed by atoms with Gasteiger partial charge in [-0.15, -0.1) is 0 Å². The van der Waals surface area contributed by atoms with Crippen molar-refractivity contribution in [1.29, 1.82) is 0 Å². The first kappa shape index (κ1) is 38.4. The molecular formula is C36H72O3. The van der Waals surface area contributed by atoms with Gasteiger partial charge in [0.2, 0.25) is 0 Å². The first-order valence-electron chi connectivity index (χ1n) is 18.1. The Balaban J connectivity index is 3.14. The van der Waals surface area contributed by atoms with Crippen LogP contribution in [-0.2, 0) is 9.53 Å². The summed E-state index contributed by atoms with van der Waals surface area (Å²) >= 11 is 0. The molecule has 0 saturated carbocycles. The number of aliphatic hydroxyl groups is 1. The summed E-state index contributed by atoms with van der Waals surface area (Å²) in [6, 6.07) is 0. The van der Waals surface area contributed by atoms with Crippen LogP contribution in [-0.4, -0.2) is 24.3 Å². The second-order valence-electron chi connectivity index (χ2n) is 12.3. The molecule has 234 valence electrons. The van der Waals surface area contributed by atoms with E-state index in [4.69, 9.17) is 9.84 Å². The average Bonchev–Trinajstić information content (AvgIpc) is 2.94. The Morgan fingerprint density at radius 2 is 0.692 bits per heavy atom. The fourth-order valence-electron chi connectivity index (χ4n) is 5.59. The van der Waals surface area contributed by atoms with Crippen molar-refractivity contribution >= 4 is 5.97 Å². The predicted octanol–water partition coefficient (Wildman–Crippen LogP) is 12.0. The van der Waals surface area contributed by atoms with Gasteiger partial charge >= 0.3 is 5.97 Å². The van der Waals surface area contributed by atoms with Crippen LogP contribution in [0, 0.1) is 0 Å². The number of aliphatic hydroxyl groups excluding tert-OH is 1. The lowest BCUT2D eigenvalue weighted by Gasteiger charge is -2.06. The third-order valence-corrected chi connectivity index (χ3v) is 8.30. The van der Waals surface area contributed by atoms with Crippen LogP contribution < -0.4 is 0 Å². The van der Waals surface area contributed by atoms with Gasteiger partial charge in [0.15, 0.2) is 0 Å². The van der Waals surface area contributed by atoms with Gasteiger partial charge in [-0.2, -0.15) is 0 Å². The second-order valence-corrected chi connectivity index (χ2v) is 12.3. The maximum Gasteiger partial charge on any atom is 0.305 e. The minimum Gasteiger partial charge on any atom is -0.466 e. The number of hydrogen-bond acceptors (Lipinski definition) is 3. The van der Waals surface area contributed by atoms with Crippen LogP contribution in [0.1, 0.15) is 212 Å². The highest BCUT2D eigenvalue weighted by Gasteiger charge is 2.03. The molecule has 1 N–H and O–H groups in total. The van der Waals surface area contributed by atoms with Crippen molar-refractivity contribution in [3.05, 3.63) is 0 Å². The van der Waals surface area contributed by atoms with E-state index in [1.165, 1.54) is 180 Å². The standard InChI is InChI=1S/C36H72O3/c1-2-3-4-5-6-7-8-9-10-14-17-20-23-26-29-32-35-39-36(38)33-30-27-24-21-18-15-12-11-13-16-19-22-25-28-31-34-37/h37H,2-35H2,1H3. The molecule has 0 fully saturated rings. The molecule has 0 unspecified atom stereocenters. The number of ether oxygens (including phenoxy) is 1. The van der Waals surface area contributed by atoms with Crippen molar-refractivity contribution in [2.45, 2.75) is 212 Å². The van der Waals surface area contributed by atoms with E-state index in [-0.39, 0.29) is 5.97 Å². The van der Waals surface area contributed by atoms with Gasteiger partial charge in [-0.25, -0.2) is 0 Å². The Morgan fingerprint density at radius 1 is 0.410 bits per heavy atom. The molecule has 0 heterocycles. The van der Waals surface area contributed by atoms with Gasteiger partial charge in [0.05, 0.1) is 6.61 Å². The van der Waals surface area contributed by atoms with Crippen LogP contribution in [0.3, 0.4) is 0 Å². The molecule has 0 atom stereocenters. The topological polar surface area (TPSA) is 46.5 Å². The van der Waals surface area contributed by atoms with Gasteiger partial charge in [-0.1, -0.05) is 187 Å². The first-order chi connectivity index (χ1) is 19.3. The molecule has 0 rings (SSSR count). The fourth-order valence-corrected chi connectivity index (χ4v) is 5.59. The SMILES string of the molecule is CCCCCCCCCCCCCCCCCCOC(=O)CCCCCCCCCCCCCCCCCO. The molecule has 0 aromatic rings. The summed E-state index contributed by atoms with van der Waals surface area (Å²) in [5.41, 5.74) is 0. The lowest BCUT2D eigenvalue weighted by Crippen LogP contribution is -2.05. The summed E-state index contributed by atoms with van der Waals surface area (Å²) in [6.45, 7) is 3.27. The molecule has 0 amide bonds. The number of rotatable bonds is 34. The first-order valence-corrected chi connectivity index (χ1v) is 18.1. The number of unbranched alkanes of at least 4 members (excludes halogenated alkanes) is 29. The summed E-state index contributed by atoms with van der Waals surface area (Å²) in [4.78, 5) is 11.9. The number of esters is 1. The van der Waals surface area contributed by atoms with Crippen molar-refractivity contribution in [1.82, 2.24) is 0 Å². The number of hydrogen-bond donors (Lipinski definition) is 1. The Labute approximate surface area is 246 Å². The van der Waals surface area contributed by atoms with Crippen molar-refractivity contribution in [3.8, 4) is 0 Å². The Kier molecular flexibility index (Phi) is 34.9. The summed E-state index contributed by atoms with van der Waals surface area (Å²) in [6.07, 6.45) is 41.7. The minimum absolute atomic E-state index is 0.0179. The molecule has 0 radical (unpaired) electrons. The van der Waals surface area contributed by atoms with Crippen LogP contribution in [0.2, 0.25) is 0 Å². The summed E-state index contributed by atoms with van der Waals surface area (Å²) in [5, 5.41) is 8.78. The normalized spacial score (nSPS) is 11.3. The molecule has 3 nitrogen and oxygen atoms in total. The van der Waals surface area contributed by atoms with Gasteiger partial charge in [0.1, 0.15) is 0 Å². The van der Waals surface area contributed by atoms with E-state index in [1.54, 1.807) is 0 Å². The second kappa shape index (κ2) is 35.5. The Bertz CT molecular complexity index is 451. The van der Waals surface area contributed by atoms with E-state index < -0.39 is 0 Å². The Morgan fingerprint density at radius 3 is 1.03 bits per heavy atom. The van der Waals surface area contributed by atoms with Gasteiger partial charge in [-0.05, 0) is 19.3 Å². The molecule has 0 aromatic carbocycles. The summed E-state index contributed by atoms with van der Waals surface area (Å²) in [7, 11) is 0. The molecule has 0 aliphatic rings. The van der Waals surface area contributed by atoms with Crippen molar-refractivity contribution in [2.75, 3.05) is 13.2 Å². The van der Waals surface area contributed by atoms with Crippen LogP contribution in [0.5, 0.6) is 0 Å². The molecule has 0 bridgehead atoms. The van der Waals surface area contributed by atoms with Crippen LogP contribution in [0.4, 0.5) is 0 Å². The van der Waals surface area contributed by atoms with E-state index in [0.717, 1.165) is 19.3 Å². The lowest BCUT2D eigenvalue weighted by molar-refractivity contribution is -0.143. The van der Waals surface area contributed by atoms with Crippen LogP contribution >= 0.6 is 0 Å². The summed E-state index contributed by atoms with van der Waals surface area (Å²) in [5.74, 6) is 0.0179. The molecular weight excluding hydrogens is 480 g/mol. The number of carbonyl (C=O) groups excluding carboxylic acids is 1. The van der Waals surface area contributed by atoms with Gasteiger partial charge in [0, 0.05) is 13.0 Å². The third-order valence-electron chi connectivity index (χ3n) is 8.30. The number of carbonyl (C=O) groups is 1. The Hall–Kier alpha value is -0.570. The lowest BCUT2D eigenvalue weighted by atomic mass is 10.0. The smallest absolute Gasteiger partial charge is 0.305 e. The predicted molar refractivity (Wildman–Crippen MR) is 171 cm³/mol. The van der Waals surface area contributed by atoms with E-state index in [1.807, 2.05) is 0 Å². The maximum absolute atomic E-state index is 11.9. The van der Waals surface area contributed by atoms with Crippen molar-refractivity contribution in [2.24, 2.45) is 0 Å². The van der Waals surface area contributed by atoms with E-state index >= 15 is 0 Å².